The third kappa shape index (κ3) is 2.20. The fourth-order valence-corrected chi connectivity index (χ4v) is 2.84. The molecule has 0 bridgehead atoms. The average Bonchev–Trinajstić information content (AvgIpc) is 2.03. The van der Waals surface area contributed by atoms with Crippen molar-refractivity contribution >= 4 is 16.2 Å². The van der Waals surface area contributed by atoms with E-state index in [2.05, 4.69) is 0 Å². The first-order valence-corrected chi connectivity index (χ1v) is 5.75. The quantitative estimate of drug-likeness (QED) is 0.561. The van der Waals surface area contributed by atoms with Crippen LogP contribution in [0.4, 0.5) is 0 Å². The predicted molar refractivity (Wildman–Crippen MR) is 45.5 cm³/mol. The Kier molecular flexibility index (Phi) is 2.72. The standard InChI is InChI=1S/C7H13NO3S/c1-8(6-9)7-2-4-12(10,11)5-3-7/h6-7H,2-5H2,1H3. The molecule has 1 saturated heterocycles. The molecule has 0 unspecified atom stereocenters. The summed E-state index contributed by atoms with van der Waals surface area (Å²) >= 11 is 0. The molecule has 12 heavy (non-hydrogen) atoms. The van der Waals surface area contributed by atoms with Gasteiger partial charge in [0.05, 0.1) is 11.5 Å². The minimum atomic E-state index is -2.80. The number of rotatable bonds is 2. The van der Waals surface area contributed by atoms with Crippen LogP contribution in [0.15, 0.2) is 0 Å². The zero-order chi connectivity index (χ0) is 9.19. The second-order valence-corrected chi connectivity index (χ2v) is 5.46. The number of nitrogens with zero attached hydrogens (tertiary/aromatic N) is 1. The van der Waals surface area contributed by atoms with Crippen molar-refractivity contribution in [2.75, 3.05) is 18.6 Å². The van der Waals surface area contributed by atoms with Crippen molar-refractivity contribution in [1.82, 2.24) is 4.90 Å². The Hall–Kier alpha value is -0.580. The molecule has 4 nitrogen and oxygen atoms in total. The summed E-state index contributed by atoms with van der Waals surface area (Å²) in [5, 5.41) is 0. The van der Waals surface area contributed by atoms with Gasteiger partial charge in [-0.3, -0.25) is 4.79 Å². The van der Waals surface area contributed by atoms with Crippen LogP contribution in [0.25, 0.3) is 0 Å². The van der Waals surface area contributed by atoms with Gasteiger partial charge >= 0.3 is 0 Å². The van der Waals surface area contributed by atoms with Crippen LogP contribution < -0.4 is 0 Å². The topological polar surface area (TPSA) is 54.5 Å². The Labute approximate surface area is 72.5 Å². The van der Waals surface area contributed by atoms with Crippen LogP contribution in [0.3, 0.4) is 0 Å². The van der Waals surface area contributed by atoms with Crippen molar-refractivity contribution < 1.29 is 13.2 Å². The average molecular weight is 191 g/mol. The van der Waals surface area contributed by atoms with E-state index in [4.69, 9.17) is 0 Å². The van der Waals surface area contributed by atoms with E-state index in [1.54, 1.807) is 11.9 Å². The summed E-state index contributed by atoms with van der Waals surface area (Å²) in [6.45, 7) is 0. The van der Waals surface area contributed by atoms with Gasteiger partial charge in [-0.05, 0) is 12.8 Å². The fraction of sp³-hybridized carbons (Fsp3) is 0.857. The molecular formula is C7H13NO3S. The highest BCUT2D eigenvalue weighted by Gasteiger charge is 2.25. The van der Waals surface area contributed by atoms with E-state index >= 15 is 0 Å². The molecule has 0 spiro atoms. The lowest BCUT2D eigenvalue weighted by molar-refractivity contribution is -0.118. The van der Waals surface area contributed by atoms with Gasteiger partial charge < -0.3 is 4.90 Å². The van der Waals surface area contributed by atoms with Gasteiger partial charge in [0.15, 0.2) is 0 Å². The van der Waals surface area contributed by atoms with Crippen LogP contribution in [0.1, 0.15) is 12.8 Å². The fourth-order valence-electron chi connectivity index (χ4n) is 1.37. The first-order valence-electron chi connectivity index (χ1n) is 3.93. The van der Waals surface area contributed by atoms with Gasteiger partial charge in [-0.25, -0.2) is 8.42 Å². The Bertz CT molecular complexity index is 246. The SMILES string of the molecule is CN(C=O)C1CCS(=O)(=O)CC1. The second kappa shape index (κ2) is 3.43. The van der Waals surface area contributed by atoms with Crippen LogP contribution in [0.5, 0.6) is 0 Å². The molecule has 1 fully saturated rings. The number of hydrogen-bond donors (Lipinski definition) is 0. The lowest BCUT2D eigenvalue weighted by Gasteiger charge is -2.27. The molecule has 0 aromatic heterocycles. The van der Waals surface area contributed by atoms with Crippen LogP contribution in [0, 0.1) is 0 Å². The molecule has 0 saturated carbocycles. The maximum Gasteiger partial charge on any atom is 0.209 e. The molecule has 0 atom stereocenters. The van der Waals surface area contributed by atoms with Gasteiger partial charge in [0, 0.05) is 13.1 Å². The summed E-state index contributed by atoms with van der Waals surface area (Å²) < 4.78 is 22.0. The maximum absolute atomic E-state index is 11.0. The summed E-state index contributed by atoms with van der Waals surface area (Å²) in [6, 6.07) is 0.117. The number of sulfone groups is 1. The zero-order valence-electron chi connectivity index (χ0n) is 7.06. The highest BCUT2D eigenvalue weighted by molar-refractivity contribution is 7.91. The molecular weight excluding hydrogens is 178 g/mol. The summed E-state index contributed by atoms with van der Waals surface area (Å²) in [6.07, 6.45) is 1.91. The van der Waals surface area contributed by atoms with E-state index in [0.717, 1.165) is 6.41 Å². The molecule has 1 heterocycles. The first-order chi connectivity index (χ1) is 5.55. The van der Waals surface area contributed by atoms with E-state index in [-0.39, 0.29) is 17.5 Å². The normalized spacial score (nSPS) is 23.4. The minimum Gasteiger partial charge on any atom is -0.345 e. The molecule has 1 aliphatic rings. The third-order valence-corrected chi connectivity index (χ3v) is 3.98. The van der Waals surface area contributed by atoms with Crippen molar-refractivity contribution in [2.24, 2.45) is 0 Å². The highest BCUT2D eigenvalue weighted by Crippen LogP contribution is 2.15. The van der Waals surface area contributed by atoms with Gasteiger partial charge in [0.25, 0.3) is 0 Å². The smallest absolute Gasteiger partial charge is 0.209 e. The van der Waals surface area contributed by atoms with Crippen LogP contribution >= 0.6 is 0 Å². The summed E-state index contributed by atoms with van der Waals surface area (Å²) in [5.41, 5.74) is 0. The first kappa shape index (κ1) is 9.51. The Morgan fingerprint density at radius 3 is 2.25 bits per heavy atom. The molecule has 1 amide bonds. The molecule has 0 N–H and O–H groups in total. The molecule has 0 radical (unpaired) electrons. The predicted octanol–water partition coefficient (Wildman–Crippen LogP) is -0.348. The molecule has 0 aromatic carbocycles. The van der Waals surface area contributed by atoms with Crippen molar-refractivity contribution in [3.63, 3.8) is 0 Å². The van der Waals surface area contributed by atoms with Crippen molar-refractivity contribution in [3.05, 3.63) is 0 Å². The summed E-state index contributed by atoms with van der Waals surface area (Å²) in [5.74, 6) is 0.436. The lowest BCUT2D eigenvalue weighted by Crippen LogP contribution is -2.38. The van der Waals surface area contributed by atoms with E-state index < -0.39 is 9.84 Å². The van der Waals surface area contributed by atoms with Gasteiger partial charge in [0.1, 0.15) is 9.84 Å². The molecule has 1 rings (SSSR count). The largest absolute Gasteiger partial charge is 0.345 e. The van der Waals surface area contributed by atoms with Gasteiger partial charge in [0.2, 0.25) is 6.41 Å². The number of amides is 1. The van der Waals surface area contributed by atoms with Crippen LogP contribution in [-0.2, 0) is 14.6 Å². The zero-order valence-corrected chi connectivity index (χ0v) is 7.88. The summed E-state index contributed by atoms with van der Waals surface area (Å²) in [4.78, 5) is 11.9. The molecule has 70 valence electrons. The van der Waals surface area contributed by atoms with Crippen LogP contribution in [-0.4, -0.2) is 44.3 Å². The Morgan fingerprint density at radius 2 is 1.83 bits per heavy atom. The van der Waals surface area contributed by atoms with Crippen molar-refractivity contribution in [2.45, 2.75) is 18.9 Å². The Balaban J connectivity index is 2.51. The monoisotopic (exact) mass is 191 g/mol. The number of carbonyl (C=O) groups excluding carboxylic acids is 1. The van der Waals surface area contributed by atoms with E-state index in [1.807, 2.05) is 0 Å². The minimum absolute atomic E-state index is 0.117. The van der Waals surface area contributed by atoms with Gasteiger partial charge in [-0.2, -0.15) is 0 Å². The lowest BCUT2D eigenvalue weighted by atomic mass is 10.1. The van der Waals surface area contributed by atoms with Crippen molar-refractivity contribution in [1.29, 1.82) is 0 Å². The van der Waals surface area contributed by atoms with Crippen LogP contribution in [0.2, 0.25) is 0 Å². The third-order valence-electron chi connectivity index (χ3n) is 2.27. The van der Waals surface area contributed by atoms with Gasteiger partial charge in [-0.1, -0.05) is 0 Å². The second-order valence-electron chi connectivity index (χ2n) is 3.15. The van der Waals surface area contributed by atoms with Gasteiger partial charge in [-0.15, -0.1) is 0 Å². The van der Waals surface area contributed by atoms with E-state index in [1.165, 1.54) is 0 Å². The Morgan fingerprint density at radius 1 is 1.33 bits per heavy atom. The maximum atomic E-state index is 11.0. The van der Waals surface area contributed by atoms with E-state index in [0.29, 0.717) is 12.8 Å². The molecule has 1 aliphatic heterocycles. The number of carbonyl (C=O) groups is 1. The highest BCUT2D eigenvalue weighted by atomic mass is 32.2. The van der Waals surface area contributed by atoms with E-state index in [9.17, 15) is 13.2 Å². The number of hydrogen-bond acceptors (Lipinski definition) is 3. The van der Waals surface area contributed by atoms with Crippen molar-refractivity contribution in [3.8, 4) is 0 Å². The molecule has 0 aromatic rings. The molecule has 5 heteroatoms. The summed E-state index contributed by atoms with van der Waals surface area (Å²) in [7, 11) is -1.11. The molecule has 0 aliphatic carbocycles.